The molecule has 6 nitrogen and oxygen atoms in total. The van der Waals surface area contributed by atoms with Crippen LogP contribution in [0.25, 0.3) is 10.6 Å². The number of thiazole rings is 1. The maximum Gasteiger partial charge on any atom is 0.252 e. The number of methoxy groups -OCH3 is 1. The molecule has 1 aromatic heterocycles. The van der Waals surface area contributed by atoms with Crippen molar-refractivity contribution in [3.8, 4) is 22.1 Å². The Morgan fingerprint density at radius 2 is 2.19 bits per heavy atom. The van der Waals surface area contributed by atoms with E-state index in [1.807, 2.05) is 20.1 Å². The molecule has 0 spiro atoms. The summed E-state index contributed by atoms with van der Waals surface area (Å²) in [5.74, 6) is 1.38. The number of benzene rings is 1. The zero-order valence-electron chi connectivity index (χ0n) is 16.0. The van der Waals surface area contributed by atoms with Crippen molar-refractivity contribution in [3.63, 3.8) is 0 Å². The molecule has 0 saturated heterocycles. The van der Waals surface area contributed by atoms with Crippen molar-refractivity contribution >= 4 is 35.3 Å². The SMILES string of the molecule is CCOc1c(OC)ccc(C(=O)NCSC)c1-c1nc(C)c(CCC=O)s1. The van der Waals surface area contributed by atoms with E-state index in [1.165, 1.54) is 23.1 Å². The van der Waals surface area contributed by atoms with Gasteiger partial charge in [-0.3, -0.25) is 4.79 Å². The summed E-state index contributed by atoms with van der Waals surface area (Å²) in [7, 11) is 1.57. The number of aldehydes is 1. The zero-order valence-corrected chi connectivity index (χ0v) is 17.6. The zero-order chi connectivity index (χ0) is 19.8. The molecule has 1 aromatic carbocycles. The normalized spacial score (nSPS) is 10.5. The highest BCUT2D eigenvalue weighted by Crippen LogP contribution is 2.43. The molecule has 0 unspecified atom stereocenters. The van der Waals surface area contributed by atoms with E-state index >= 15 is 0 Å². The van der Waals surface area contributed by atoms with Crippen LogP contribution >= 0.6 is 23.1 Å². The second kappa shape index (κ2) is 10.3. The summed E-state index contributed by atoms with van der Waals surface area (Å²) in [5.41, 5.74) is 1.97. The Morgan fingerprint density at radius 3 is 2.81 bits per heavy atom. The quantitative estimate of drug-likeness (QED) is 0.477. The Kier molecular flexibility index (Phi) is 8.12. The molecule has 2 rings (SSSR count). The monoisotopic (exact) mass is 408 g/mol. The molecule has 8 heteroatoms. The van der Waals surface area contributed by atoms with E-state index in [0.717, 1.165) is 16.9 Å². The Balaban J connectivity index is 2.62. The molecule has 0 saturated carbocycles. The maximum atomic E-state index is 12.7. The third kappa shape index (κ3) is 5.01. The number of carbonyl (C=O) groups excluding carboxylic acids is 2. The molecule has 0 aliphatic carbocycles. The van der Waals surface area contributed by atoms with Gasteiger partial charge in [-0.25, -0.2) is 4.98 Å². The highest BCUT2D eigenvalue weighted by molar-refractivity contribution is 7.98. The van der Waals surface area contributed by atoms with Crippen molar-refractivity contribution in [3.05, 3.63) is 28.3 Å². The molecular formula is C19H24N2O4S2. The third-order valence-electron chi connectivity index (χ3n) is 3.85. The lowest BCUT2D eigenvalue weighted by Gasteiger charge is -2.16. The second-order valence-electron chi connectivity index (χ2n) is 5.62. The van der Waals surface area contributed by atoms with Gasteiger partial charge in [0.15, 0.2) is 11.5 Å². The molecule has 2 aromatic rings. The van der Waals surface area contributed by atoms with Crippen LogP contribution in [0.4, 0.5) is 0 Å². The molecular weight excluding hydrogens is 384 g/mol. The molecule has 0 aliphatic rings. The number of amides is 1. The minimum absolute atomic E-state index is 0.190. The summed E-state index contributed by atoms with van der Waals surface area (Å²) < 4.78 is 11.3. The van der Waals surface area contributed by atoms with E-state index in [0.29, 0.717) is 53.0 Å². The summed E-state index contributed by atoms with van der Waals surface area (Å²) in [6, 6.07) is 3.46. The summed E-state index contributed by atoms with van der Waals surface area (Å²) >= 11 is 3.01. The Labute approximate surface area is 167 Å². The van der Waals surface area contributed by atoms with E-state index in [2.05, 4.69) is 10.3 Å². The number of rotatable bonds is 10. The largest absolute Gasteiger partial charge is 0.493 e. The van der Waals surface area contributed by atoms with Gasteiger partial charge in [-0.1, -0.05) is 0 Å². The summed E-state index contributed by atoms with van der Waals surface area (Å²) in [5, 5.41) is 3.56. The number of aryl methyl sites for hydroxylation is 2. The number of carbonyl (C=O) groups is 2. The lowest BCUT2D eigenvalue weighted by atomic mass is 10.0. The van der Waals surface area contributed by atoms with Crippen LogP contribution in [0.2, 0.25) is 0 Å². The van der Waals surface area contributed by atoms with E-state index in [-0.39, 0.29) is 5.91 Å². The molecule has 27 heavy (non-hydrogen) atoms. The number of nitrogens with zero attached hydrogens (tertiary/aromatic N) is 1. The fourth-order valence-corrected chi connectivity index (χ4v) is 4.01. The van der Waals surface area contributed by atoms with Crippen LogP contribution in [0, 0.1) is 6.92 Å². The van der Waals surface area contributed by atoms with Gasteiger partial charge in [0, 0.05) is 11.3 Å². The van der Waals surface area contributed by atoms with Crippen molar-refractivity contribution < 1.29 is 19.1 Å². The first-order chi connectivity index (χ1) is 13.1. The Bertz CT molecular complexity index is 805. The molecule has 1 heterocycles. The minimum Gasteiger partial charge on any atom is -0.493 e. The number of hydrogen-bond acceptors (Lipinski definition) is 7. The summed E-state index contributed by atoms with van der Waals surface area (Å²) in [4.78, 5) is 29.1. The van der Waals surface area contributed by atoms with Crippen LogP contribution in [0.1, 0.15) is 34.3 Å². The van der Waals surface area contributed by atoms with Gasteiger partial charge in [-0.15, -0.1) is 23.1 Å². The number of aromatic nitrogens is 1. The number of nitrogens with one attached hydrogen (secondary N) is 1. The van der Waals surface area contributed by atoms with Crippen molar-refractivity contribution in [2.75, 3.05) is 25.8 Å². The number of thioether (sulfide) groups is 1. The van der Waals surface area contributed by atoms with Crippen molar-refractivity contribution in [2.24, 2.45) is 0 Å². The maximum absolute atomic E-state index is 12.7. The van der Waals surface area contributed by atoms with E-state index in [1.54, 1.807) is 19.2 Å². The minimum atomic E-state index is -0.190. The number of hydrogen-bond donors (Lipinski definition) is 1. The van der Waals surface area contributed by atoms with E-state index < -0.39 is 0 Å². The molecule has 1 N–H and O–H groups in total. The molecule has 0 fully saturated rings. The van der Waals surface area contributed by atoms with Crippen LogP contribution < -0.4 is 14.8 Å². The third-order valence-corrected chi connectivity index (χ3v) is 5.52. The first-order valence-electron chi connectivity index (χ1n) is 8.58. The molecule has 146 valence electrons. The van der Waals surface area contributed by atoms with Gasteiger partial charge in [-0.05, 0) is 38.7 Å². The van der Waals surface area contributed by atoms with Crippen LogP contribution in [0.15, 0.2) is 12.1 Å². The van der Waals surface area contributed by atoms with Gasteiger partial charge >= 0.3 is 0 Å². The molecule has 0 radical (unpaired) electrons. The fourth-order valence-electron chi connectivity index (χ4n) is 2.60. The summed E-state index contributed by atoms with van der Waals surface area (Å²) in [6.45, 7) is 4.22. The molecule has 0 aliphatic heterocycles. The average molecular weight is 409 g/mol. The first-order valence-corrected chi connectivity index (χ1v) is 10.8. The molecule has 0 atom stereocenters. The smallest absolute Gasteiger partial charge is 0.252 e. The van der Waals surface area contributed by atoms with Gasteiger partial charge in [-0.2, -0.15) is 0 Å². The first kappa shape index (κ1) is 21.2. The second-order valence-corrected chi connectivity index (χ2v) is 7.57. The lowest BCUT2D eigenvalue weighted by molar-refractivity contribution is -0.107. The van der Waals surface area contributed by atoms with Crippen LogP contribution in [-0.4, -0.2) is 43.0 Å². The highest BCUT2D eigenvalue weighted by Gasteiger charge is 2.24. The van der Waals surface area contributed by atoms with Gasteiger partial charge < -0.3 is 19.6 Å². The fraction of sp³-hybridized carbons (Fsp3) is 0.421. The van der Waals surface area contributed by atoms with Crippen molar-refractivity contribution in [1.82, 2.24) is 10.3 Å². The summed E-state index contributed by atoms with van der Waals surface area (Å²) in [6.07, 6.45) is 3.90. The molecule has 1 amide bonds. The van der Waals surface area contributed by atoms with Gasteiger partial charge in [0.2, 0.25) is 0 Å². The standard InChI is InChI=1S/C19H24N2O4S2/c1-5-25-17-14(24-3)9-8-13(18(23)20-11-26-4)16(17)19-21-12(2)15(27-19)7-6-10-22/h8-10H,5-7,11H2,1-4H3,(H,20,23). The van der Waals surface area contributed by atoms with Crippen LogP contribution in [0.3, 0.4) is 0 Å². The van der Waals surface area contributed by atoms with Crippen LogP contribution in [-0.2, 0) is 11.2 Å². The van der Waals surface area contributed by atoms with Gasteiger partial charge in [0.25, 0.3) is 5.91 Å². The van der Waals surface area contributed by atoms with Crippen LogP contribution in [0.5, 0.6) is 11.5 Å². The van der Waals surface area contributed by atoms with E-state index in [9.17, 15) is 9.59 Å². The Morgan fingerprint density at radius 1 is 1.41 bits per heavy atom. The predicted molar refractivity (Wildman–Crippen MR) is 110 cm³/mol. The average Bonchev–Trinajstić information content (AvgIpc) is 3.04. The van der Waals surface area contributed by atoms with Crippen molar-refractivity contribution in [1.29, 1.82) is 0 Å². The lowest BCUT2D eigenvalue weighted by Crippen LogP contribution is -2.23. The van der Waals surface area contributed by atoms with Gasteiger partial charge in [0.05, 0.1) is 36.4 Å². The molecule has 0 bridgehead atoms. The Hall–Kier alpha value is -2.06. The van der Waals surface area contributed by atoms with Gasteiger partial charge in [0.1, 0.15) is 11.3 Å². The van der Waals surface area contributed by atoms with Crippen molar-refractivity contribution in [2.45, 2.75) is 26.7 Å². The number of ether oxygens (including phenoxy) is 2. The topological polar surface area (TPSA) is 77.5 Å². The highest BCUT2D eigenvalue weighted by atomic mass is 32.2. The van der Waals surface area contributed by atoms with E-state index in [4.69, 9.17) is 9.47 Å². The predicted octanol–water partition coefficient (Wildman–Crippen LogP) is 3.71.